The van der Waals surface area contributed by atoms with Gasteiger partial charge in [-0.05, 0) is 61.1 Å². The van der Waals surface area contributed by atoms with Crippen molar-refractivity contribution in [2.75, 3.05) is 0 Å². The summed E-state index contributed by atoms with van der Waals surface area (Å²) in [7, 11) is 0. The lowest BCUT2D eigenvalue weighted by atomic mass is 9.59. The number of rotatable bonds is 4. The molecule has 0 aliphatic heterocycles. The summed E-state index contributed by atoms with van der Waals surface area (Å²) in [4.78, 5) is 13.6. The van der Waals surface area contributed by atoms with Crippen LogP contribution in [-0.2, 0) is 12.0 Å². The summed E-state index contributed by atoms with van der Waals surface area (Å²) in [5.41, 5.74) is 2.84. The summed E-state index contributed by atoms with van der Waals surface area (Å²) in [6.45, 7) is 12.1. The third-order valence-corrected chi connectivity index (χ3v) is 7.73. The Bertz CT molecular complexity index is 987. The Kier molecular flexibility index (Phi) is 4.57. The summed E-state index contributed by atoms with van der Waals surface area (Å²) in [6.07, 6.45) is 4.19. The first-order chi connectivity index (χ1) is 13.1. The van der Waals surface area contributed by atoms with Crippen LogP contribution in [0.25, 0.3) is 5.69 Å². The predicted molar refractivity (Wildman–Crippen MR) is 112 cm³/mol. The van der Waals surface area contributed by atoms with E-state index in [4.69, 9.17) is 11.6 Å². The molecule has 2 atom stereocenters. The van der Waals surface area contributed by atoms with Crippen molar-refractivity contribution in [3.8, 4) is 5.69 Å². The maximum absolute atomic E-state index is 13.7. The van der Waals surface area contributed by atoms with Gasteiger partial charge in [0.1, 0.15) is 5.82 Å². The van der Waals surface area contributed by atoms with Gasteiger partial charge in [0, 0.05) is 17.5 Å². The van der Waals surface area contributed by atoms with Gasteiger partial charge in [-0.25, -0.2) is 9.07 Å². The van der Waals surface area contributed by atoms with Crippen molar-refractivity contribution in [2.24, 2.45) is 11.3 Å². The van der Waals surface area contributed by atoms with Crippen LogP contribution in [0, 0.1) is 17.2 Å². The molecule has 1 aromatic carbocycles. The van der Waals surface area contributed by atoms with Gasteiger partial charge in [0.05, 0.1) is 16.4 Å². The maximum atomic E-state index is 13.7. The van der Waals surface area contributed by atoms with Crippen LogP contribution >= 0.6 is 11.6 Å². The molecule has 1 saturated carbocycles. The molecule has 5 heteroatoms. The molecule has 0 N–H and O–H groups in total. The van der Waals surface area contributed by atoms with Gasteiger partial charge >= 0.3 is 0 Å². The van der Waals surface area contributed by atoms with E-state index in [2.05, 4.69) is 39.3 Å². The highest BCUT2D eigenvalue weighted by atomic mass is 35.5. The molecule has 28 heavy (non-hydrogen) atoms. The molecule has 0 spiro atoms. The van der Waals surface area contributed by atoms with Crippen LogP contribution < -0.4 is 5.56 Å². The van der Waals surface area contributed by atoms with Crippen molar-refractivity contribution in [1.82, 2.24) is 9.36 Å². The average Bonchev–Trinajstić information content (AvgIpc) is 3.03. The van der Waals surface area contributed by atoms with Gasteiger partial charge in [0.25, 0.3) is 5.56 Å². The van der Waals surface area contributed by atoms with Crippen molar-refractivity contribution in [3.05, 3.63) is 50.7 Å². The molecule has 2 aliphatic carbocycles. The largest absolute Gasteiger partial charge is 0.281 e. The highest BCUT2D eigenvalue weighted by Crippen LogP contribution is 2.61. The number of fused-ring (bicyclic) bond motifs is 5. The number of hydrogen-bond acceptors (Lipinski definition) is 1. The molecule has 1 unspecified atom stereocenters. The SMILES string of the molecule is CC(C)CCn1c2c(c(=O)n1-c1ccc(F)cc1Cl)C1CCC(C)(C)[C@]2(C)C1. The van der Waals surface area contributed by atoms with Gasteiger partial charge < -0.3 is 0 Å². The quantitative estimate of drug-likeness (QED) is 0.610. The predicted octanol–water partition coefficient (Wildman–Crippen LogP) is 6.04. The molecule has 2 bridgehead atoms. The molecule has 1 heterocycles. The lowest BCUT2D eigenvalue weighted by Gasteiger charge is -2.46. The minimum absolute atomic E-state index is 0.0266. The molecule has 4 rings (SSSR count). The monoisotopic (exact) mass is 404 g/mol. The molecule has 3 nitrogen and oxygen atoms in total. The van der Waals surface area contributed by atoms with E-state index in [0.29, 0.717) is 17.5 Å². The first-order valence-electron chi connectivity index (χ1n) is 10.4. The molecule has 2 aliphatic rings. The Morgan fingerprint density at radius 3 is 2.64 bits per heavy atom. The fourth-order valence-corrected chi connectivity index (χ4v) is 5.59. The molecule has 152 valence electrons. The van der Waals surface area contributed by atoms with Crippen LogP contribution in [0.5, 0.6) is 0 Å². The second-order valence-electron chi connectivity index (χ2n) is 9.94. The Hall–Kier alpha value is -1.55. The Balaban J connectivity index is 2.00. The van der Waals surface area contributed by atoms with Crippen molar-refractivity contribution in [3.63, 3.8) is 0 Å². The first-order valence-corrected chi connectivity index (χ1v) is 10.8. The number of halogens is 2. The Morgan fingerprint density at radius 2 is 2.00 bits per heavy atom. The van der Waals surface area contributed by atoms with E-state index in [0.717, 1.165) is 37.8 Å². The number of benzene rings is 1. The Labute approximate surface area is 171 Å². The molecule has 0 saturated heterocycles. The topological polar surface area (TPSA) is 26.9 Å². The summed E-state index contributed by atoms with van der Waals surface area (Å²) in [5, 5.41) is 0.277. The maximum Gasteiger partial charge on any atom is 0.275 e. The second kappa shape index (κ2) is 6.48. The zero-order valence-electron chi connectivity index (χ0n) is 17.5. The molecular formula is C23H30ClFN2O. The zero-order chi connectivity index (χ0) is 20.4. The third-order valence-electron chi connectivity index (χ3n) is 7.43. The Morgan fingerprint density at radius 1 is 1.29 bits per heavy atom. The fraction of sp³-hybridized carbons (Fsp3) is 0.609. The van der Waals surface area contributed by atoms with Gasteiger partial charge in [0.2, 0.25) is 0 Å². The van der Waals surface area contributed by atoms with E-state index in [1.54, 1.807) is 10.7 Å². The van der Waals surface area contributed by atoms with E-state index >= 15 is 0 Å². The summed E-state index contributed by atoms with van der Waals surface area (Å²) < 4.78 is 17.5. The number of aromatic nitrogens is 2. The van der Waals surface area contributed by atoms with Gasteiger partial charge in [-0.1, -0.05) is 46.2 Å². The van der Waals surface area contributed by atoms with E-state index in [9.17, 15) is 9.18 Å². The second-order valence-corrected chi connectivity index (χ2v) is 10.3. The molecule has 1 aromatic heterocycles. The molecule has 2 aromatic rings. The van der Waals surface area contributed by atoms with Crippen LogP contribution in [0.3, 0.4) is 0 Å². The first kappa shape index (κ1) is 19.8. The number of nitrogens with zero attached hydrogens (tertiary/aromatic N) is 2. The molecule has 0 amide bonds. The van der Waals surface area contributed by atoms with Gasteiger partial charge in [-0.2, -0.15) is 0 Å². The highest BCUT2D eigenvalue weighted by molar-refractivity contribution is 6.32. The van der Waals surface area contributed by atoms with Crippen LogP contribution in [0.15, 0.2) is 23.0 Å². The van der Waals surface area contributed by atoms with Gasteiger partial charge in [0.15, 0.2) is 0 Å². The fourth-order valence-electron chi connectivity index (χ4n) is 5.34. The van der Waals surface area contributed by atoms with Gasteiger partial charge in [-0.3, -0.25) is 9.48 Å². The van der Waals surface area contributed by atoms with E-state index in [1.165, 1.54) is 17.8 Å². The molecule has 1 fully saturated rings. The zero-order valence-corrected chi connectivity index (χ0v) is 18.2. The number of hydrogen-bond donors (Lipinski definition) is 0. The van der Waals surface area contributed by atoms with E-state index in [1.807, 2.05) is 0 Å². The van der Waals surface area contributed by atoms with Crippen molar-refractivity contribution in [1.29, 1.82) is 0 Å². The lowest BCUT2D eigenvalue weighted by Crippen LogP contribution is -2.42. The van der Waals surface area contributed by atoms with Crippen molar-refractivity contribution < 1.29 is 4.39 Å². The summed E-state index contributed by atoms with van der Waals surface area (Å²) >= 11 is 6.39. The van der Waals surface area contributed by atoms with E-state index in [-0.39, 0.29) is 27.2 Å². The van der Waals surface area contributed by atoms with Crippen LogP contribution in [0.4, 0.5) is 4.39 Å². The van der Waals surface area contributed by atoms with Crippen molar-refractivity contribution >= 4 is 11.6 Å². The summed E-state index contributed by atoms with van der Waals surface area (Å²) in [6, 6.07) is 4.30. The van der Waals surface area contributed by atoms with Crippen LogP contribution in [0.2, 0.25) is 5.02 Å². The van der Waals surface area contributed by atoms with Crippen molar-refractivity contribution in [2.45, 2.75) is 78.2 Å². The molecular weight excluding hydrogens is 375 g/mol. The van der Waals surface area contributed by atoms with Crippen LogP contribution in [-0.4, -0.2) is 9.36 Å². The van der Waals surface area contributed by atoms with Crippen LogP contribution in [0.1, 0.15) is 77.5 Å². The minimum atomic E-state index is -0.389. The minimum Gasteiger partial charge on any atom is -0.281 e. The smallest absolute Gasteiger partial charge is 0.275 e. The van der Waals surface area contributed by atoms with E-state index < -0.39 is 0 Å². The normalized spacial score (nSPS) is 25.4. The highest BCUT2D eigenvalue weighted by Gasteiger charge is 2.56. The lowest BCUT2D eigenvalue weighted by molar-refractivity contribution is 0.106. The summed E-state index contributed by atoms with van der Waals surface area (Å²) in [5.74, 6) is 0.442. The molecule has 0 radical (unpaired) electrons. The van der Waals surface area contributed by atoms with Gasteiger partial charge in [-0.15, -0.1) is 0 Å². The standard InChI is InChI=1S/C23H30ClFN2O/c1-14(2)9-11-26-20-19(15-8-10-22(3,4)23(20,5)13-15)21(28)27(26)18-7-6-16(25)12-17(18)24/h6-7,12,14-15H,8-11,13H2,1-5H3/t15?,23-/m1/s1. The average molecular weight is 405 g/mol. The third kappa shape index (κ3) is 2.71.